The number of hydrogen-bond donors (Lipinski definition) is 2. The fourth-order valence-electron chi connectivity index (χ4n) is 2.46. The van der Waals surface area contributed by atoms with Crippen LogP contribution in [0.15, 0.2) is 42.5 Å². The van der Waals surface area contributed by atoms with Crippen molar-refractivity contribution in [3.63, 3.8) is 0 Å². The van der Waals surface area contributed by atoms with Crippen molar-refractivity contribution in [1.29, 1.82) is 0 Å². The van der Waals surface area contributed by atoms with Gasteiger partial charge in [-0.2, -0.15) is 0 Å². The van der Waals surface area contributed by atoms with Gasteiger partial charge in [0.1, 0.15) is 5.75 Å². The third-order valence-corrected chi connectivity index (χ3v) is 3.56. The monoisotopic (exact) mass is 340 g/mol. The Morgan fingerprint density at radius 3 is 2.72 bits per heavy atom. The van der Waals surface area contributed by atoms with Crippen molar-refractivity contribution in [1.82, 2.24) is 0 Å². The number of carbonyl (C=O) groups excluding carboxylic acids is 3. The Hall–Kier alpha value is -3.35. The summed E-state index contributed by atoms with van der Waals surface area (Å²) in [5.41, 5.74) is 1.13. The minimum absolute atomic E-state index is 0.0935. The largest absolute Gasteiger partial charge is 0.482 e. The number of nitrogens with one attached hydrogen (secondary N) is 2. The van der Waals surface area contributed by atoms with Gasteiger partial charge in [-0.25, -0.2) is 4.79 Å². The third-order valence-electron chi connectivity index (χ3n) is 3.56. The van der Waals surface area contributed by atoms with Crippen LogP contribution in [0, 0.1) is 0 Å². The van der Waals surface area contributed by atoms with E-state index < -0.39 is 11.9 Å². The summed E-state index contributed by atoms with van der Waals surface area (Å²) in [5.74, 6) is -0.907. The molecule has 0 saturated heterocycles. The van der Waals surface area contributed by atoms with E-state index >= 15 is 0 Å². The van der Waals surface area contributed by atoms with Gasteiger partial charge in [0.25, 0.3) is 11.8 Å². The fraction of sp³-hybridized carbons (Fsp3) is 0.167. The molecule has 0 spiro atoms. The van der Waals surface area contributed by atoms with Gasteiger partial charge in [-0.15, -0.1) is 0 Å². The highest BCUT2D eigenvalue weighted by molar-refractivity contribution is 6.13. The fourth-order valence-corrected chi connectivity index (χ4v) is 2.46. The summed E-state index contributed by atoms with van der Waals surface area (Å²) in [6, 6.07) is 11.4. The molecule has 3 rings (SSSR count). The van der Waals surface area contributed by atoms with E-state index in [1.165, 1.54) is 0 Å². The molecule has 0 radical (unpaired) electrons. The lowest BCUT2D eigenvalue weighted by Crippen LogP contribution is -2.28. The number of esters is 1. The van der Waals surface area contributed by atoms with Crippen LogP contribution in [-0.2, 0) is 9.53 Å². The smallest absolute Gasteiger partial charge is 0.340 e. The van der Waals surface area contributed by atoms with Gasteiger partial charge in [0, 0.05) is 0 Å². The van der Waals surface area contributed by atoms with Crippen molar-refractivity contribution < 1.29 is 23.9 Å². The van der Waals surface area contributed by atoms with E-state index in [1.807, 2.05) is 0 Å². The first-order valence-electron chi connectivity index (χ1n) is 7.73. The summed E-state index contributed by atoms with van der Waals surface area (Å²) < 4.78 is 10.3. The van der Waals surface area contributed by atoms with Crippen molar-refractivity contribution >= 4 is 29.2 Å². The maximum atomic E-state index is 12.7. The van der Waals surface area contributed by atoms with Gasteiger partial charge in [0.2, 0.25) is 0 Å². The molecule has 1 heterocycles. The van der Waals surface area contributed by atoms with E-state index in [0.29, 0.717) is 17.1 Å². The Labute approximate surface area is 143 Å². The summed E-state index contributed by atoms with van der Waals surface area (Å²) in [6.07, 6.45) is 0. The number of para-hydroxylation sites is 2. The molecule has 0 unspecified atom stereocenters. The molecular formula is C18H16N2O5. The second-order valence-electron chi connectivity index (χ2n) is 5.24. The Morgan fingerprint density at radius 2 is 1.92 bits per heavy atom. The number of carbonyl (C=O) groups is 3. The predicted molar refractivity (Wildman–Crippen MR) is 90.9 cm³/mol. The van der Waals surface area contributed by atoms with Crippen LogP contribution in [0.2, 0.25) is 0 Å². The lowest BCUT2D eigenvalue weighted by Gasteiger charge is -2.20. The lowest BCUT2D eigenvalue weighted by atomic mass is 10.1. The summed E-state index contributed by atoms with van der Waals surface area (Å²) >= 11 is 0. The van der Waals surface area contributed by atoms with Gasteiger partial charge in [-0.1, -0.05) is 18.2 Å². The summed E-state index contributed by atoms with van der Waals surface area (Å²) in [5, 5.41) is 5.32. The number of ether oxygens (including phenoxy) is 2. The van der Waals surface area contributed by atoms with E-state index in [0.717, 1.165) is 0 Å². The molecule has 0 aliphatic carbocycles. The van der Waals surface area contributed by atoms with Crippen LogP contribution in [0.3, 0.4) is 0 Å². The van der Waals surface area contributed by atoms with E-state index in [-0.39, 0.29) is 30.2 Å². The lowest BCUT2D eigenvalue weighted by molar-refractivity contribution is -0.118. The van der Waals surface area contributed by atoms with E-state index in [4.69, 9.17) is 9.47 Å². The maximum Gasteiger partial charge on any atom is 0.340 e. The molecule has 0 atom stereocenters. The maximum absolute atomic E-state index is 12.7. The molecule has 0 fully saturated rings. The molecule has 0 aromatic heterocycles. The van der Waals surface area contributed by atoms with Crippen molar-refractivity contribution in [3.8, 4) is 5.75 Å². The quantitative estimate of drug-likeness (QED) is 0.834. The van der Waals surface area contributed by atoms with Crippen molar-refractivity contribution in [2.45, 2.75) is 6.92 Å². The van der Waals surface area contributed by atoms with Crippen LogP contribution in [0.5, 0.6) is 5.75 Å². The minimum atomic E-state index is -0.523. The molecule has 7 heteroatoms. The SMILES string of the molecule is CCOC(=O)c1ccccc1NC(=O)c1cccc2c1NC(=O)CO2. The Morgan fingerprint density at radius 1 is 1.16 bits per heavy atom. The van der Waals surface area contributed by atoms with Crippen LogP contribution in [0.4, 0.5) is 11.4 Å². The Kier molecular flexibility index (Phi) is 4.65. The van der Waals surface area contributed by atoms with Gasteiger partial charge >= 0.3 is 5.97 Å². The van der Waals surface area contributed by atoms with Gasteiger partial charge in [0.05, 0.1) is 29.1 Å². The second kappa shape index (κ2) is 7.04. The van der Waals surface area contributed by atoms with Gasteiger partial charge in [-0.05, 0) is 31.2 Å². The van der Waals surface area contributed by atoms with Gasteiger partial charge in [0.15, 0.2) is 6.61 Å². The number of fused-ring (bicyclic) bond motifs is 1. The van der Waals surface area contributed by atoms with Crippen LogP contribution in [0.1, 0.15) is 27.6 Å². The number of rotatable bonds is 4. The molecule has 128 valence electrons. The summed E-state index contributed by atoms with van der Waals surface area (Å²) in [6.45, 7) is 1.85. The molecule has 1 aliphatic rings. The first kappa shape index (κ1) is 16.5. The molecule has 2 N–H and O–H groups in total. The Balaban J connectivity index is 1.90. The summed E-state index contributed by atoms with van der Waals surface area (Å²) in [4.78, 5) is 36.2. The zero-order valence-electron chi connectivity index (χ0n) is 13.5. The van der Waals surface area contributed by atoms with Gasteiger partial charge < -0.3 is 20.1 Å². The standard InChI is InChI=1S/C18H16N2O5/c1-2-24-18(23)11-6-3-4-8-13(11)19-17(22)12-7-5-9-14-16(12)20-15(21)10-25-14/h3-9H,2,10H2,1H3,(H,19,22)(H,20,21). The van der Waals surface area contributed by atoms with Crippen LogP contribution in [0.25, 0.3) is 0 Å². The zero-order valence-corrected chi connectivity index (χ0v) is 13.5. The highest BCUT2D eigenvalue weighted by Gasteiger charge is 2.23. The number of hydrogen-bond acceptors (Lipinski definition) is 5. The molecule has 2 aromatic rings. The number of benzene rings is 2. The van der Waals surface area contributed by atoms with Crippen LogP contribution >= 0.6 is 0 Å². The third kappa shape index (κ3) is 3.45. The Bertz CT molecular complexity index is 847. The normalized spacial score (nSPS) is 12.4. The molecule has 0 bridgehead atoms. The van der Waals surface area contributed by atoms with Gasteiger partial charge in [-0.3, -0.25) is 9.59 Å². The molecule has 25 heavy (non-hydrogen) atoms. The number of amides is 2. The van der Waals surface area contributed by atoms with E-state index in [9.17, 15) is 14.4 Å². The molecule has 1 aliphatic heterocycles. The molecular weight excluding hydrogens is 324 g/mol. The molecule has 2 aromatic carbocycles. The second-order valence-corrected chi connectivity index (χ2v) is 5.24. The topological polar surface area (TPSA) is 93.7 Å². The molecule has 0 saturated carbocycles. The minimum Gasteiger partial charge on any atom is -0.482 e. The molecule has 7 nitrogen and oxygen atoms in total. The van der Waals surface area contributed by atoms with Crippen LogP contribution in [-0.4, -0.2) is 31.0 Å². The average Bonchev–Trinajstić information content (AvgIpc) is 2.61. The van der Waals surface area contributed by atoms with Crippen molar-refractivity contribution in [3.05, 3.63) is 53.6 Å². The first-order chi connectivity index (χ1) is 12.1. The van der Waals surface area contributed by atoms with E-state index in [1.54, 1.807) is 49.4 Å². The highest BCUT2D eigenvalue weighted by Crippen LogP contribution is 2.31. The molecule has 2 amide bonds. The number of anilines is 2. The van der Waals surface area contributed by atoms with Crippen LogP contribution < -0.4 is 15.4 Å². The average molecular weight is 340 g/mol. The van der Waals surface area contributed by atoms with E-state index in [2.05, 4.69) is 10.6 Å². The zero-order chi connectivity index (χ0) is 17.8. The van der Waals surface area contributed by atoms with Crippen molar-refractivity contribution in [2.75, 3.05) is 23.8 Å². The summed E-state index contributed by atoms with van der Waals surface area (Å²) in [7, 11) is 0. The first-order valence-corrected chi connectivity index (χ1v) is 7.73. The van der Waals surface area contributed by atoms with Crippen molar-refractivity contribution in [2.24, 2.45) is 0 Å². The highest BCUT2D eigenvalue weighted by atomic mass is 16.5. The predicted octanol–water partition coefficient (Wildman–Crippen LogP) is 2.45.